The molecule has 222 valence electrons. The highest BCUT2D eigenvalue weighted by Crippen LogP contribution is 2.46. The van der Waals surface area contributed by atoms with Gasteiger partial charge in [-0.2, -0.15) is 0 Å². The molecule has 0 saturated heterocycles. The van der Waals surface area contributed by atoms with Gasteiger partial charge < -0.3 is 9.13 Å². The van der Waals surface area contributed by atoms with E-state index in [0.29, 0.717) is 0 Å². The summed E-state index contributed by atoms with van der Waals surface area (Å²) >= 11 is 0. The van der Waals surface area contributed by atoms with Gasteiger partial charge in [0.1, 0.15) is 0 Å². The number of aromatic nitrogens is 4. The van der Waals surface area contributed by atoms with Gasteiger partial charge in [0.05, 0.1) is 45.2 Å². The van der Waals surface area contributed by atoms with E-state index in [1.54, 1.807) is 0 Å². The maximum absolute atomic E-state index is 5.06. The highest BCUT2D eigenvalue weighted by molar-refractivity contribution is 6.15. The molecule has 0 unspecified atom stereocenters. The van der Waals surface area contributed by atoms with E-state index in [0.717, 1.165) is 28.0 Å². The highest BCUT2D eigenvalue weighted by atomic mass is 15.0. The number of hydrogen-bond acceptors (Lipinski definition) is 2. The lowest BCUT2D eigenvalue weighted by Gasteiger charge is -2.11. The van der Waals surface area contributed by atoms with Crippen molar-refractivity contribution in [1.29, 1.82) is 0 Å². The van der Waals surface area contributed by atoms with Gasteiger partial charge in [0.2, 0.25) is 0 Å². The van der Waals surface area contributed by atoms with E-state index in [-0.39, 0.29) is 0 Å². The van der Waals surface area contributed by atoms with E-state index in [1.165, 1.54) is 71.4 Å². The summed E-state index contributed by atoms with van der Waals surface area (Å²) in [5.74, 6) is 0. The summed E-state index contributed by atoms with van der Waals surface area (Å²) in [5, 5.41) is 6.16. The lowest BCUT2D eigenvalue weighted by Crippen LogP contribution is -1.96. The standard InChI is InChI=1S/C44H26N4/c1-2-9-29(10-3-1)47-39-15-6-4-11-31(39)35-23-27(17-19-41(35)47)28-18-20-42-36(24-28)32-12-5-7-16-40(32)48(42)30-25-37-33-21-22-45-38-14-8-13-34(43(33)38)44(37)46-26-30/h1-26H. The number of fused-ring (bicyclic) bond motifs is 9. The minimum Gasteiger partial charge on any atom is -0.309 e. The van der Waals surface area contributed by atoms with Gasteiger partial charge in [0.15, 0.2) is 0 Å². The van der Waals surface area contributed by atoms with Crippen LogP contribution in [0.4, 0.5) is 0 Å². The van der Waals surface area contributed by atoms with Crippen LogP contribution in [-0.2, 0) is 0 Å². The highest BCUT2D eigenvalue weighted by Gasteiger charge is 2.24. The molecule has 11 rings (SSSR count). The van der Waals surface area contributed by atoms with Crippen LogP contribution >= 0.6 is 0 Å². The van der Waals surface area contributed by atoms with Crippen LogP contribution in [0.15, 0.2) is 158 Å². The quantitative estimate of drug-likeness (QED) is 0.199. The molecule has 4 heteroatoms. The Kier molecular flexibility index (Phi) is 5.08. The fourth-order valence-electron chi connectivity index (χ4n) is 8.06. The number of para-hydroxylation sites is 3. The van der Waals surface area contributed by atoms with Crippen molar-refractivity contribution in [3.8, 4) is 44.9 Å². The number of nitrogens with zero attached hydrogens (tertiary/aromatic N) is 4. The summed E-state index contributed by atoms with van der Waals surface area (Å²) in [6.07, 6.45) is 3.93. The lowest BCUT2D eigenvalue weighted by molar-refractivity contribution is 1.15. The molecule has 1 aliphatic rings. The molecule has 0 N–H and O–H groups in total. The molecule has 4 nitrogen and oxygen atoms in total. The van der Waals surface area contributed by atoms with Crippen LogP contribution in [0, 0.1) is 0 Å². The minimum absolute atomic E-state index is 1.01. The Morgan fingerprint density at radius 1 is 0.396 bits per heavy atom. The molecule has 0 saturated carbocycles. The second-order valence-electron chi connectivity index (χ2n) is 12.7. The van der Waals surface area contributed by atoms with E-state index in [1.807, 2.05) is 12.4 Å². The number of hydrogen-bond donors (Lipinski definition) is 0. The normalized spacial score (nSPS) is 12.2. The first-order valence-corrected chi connectivity index (χ1v) is 16.3. The van der Waals surface area contributed by atoms with E-state index in [2.05, 4.69) is 160 Å². The molecular weight excluding hydrogens is 585 g/mol. The summed E-state index contributed by atoms with van der Waals surface area (Å²) in [7, 11) is 0. The smallest absolute Gasteiger partial charge is 0.0789 e. The Morgan fingerprint density at radius 2 is 1.02 bits per heavy atom. The number of rotatable bonds is 3. The SMILES string of the molecule is c1ccc(-n2c3ccccc3c3cc(-c4ccc5c(c4)c4ccccc4n5-c4cnc5c(c4)-c4ccnc6cccc-5c46)ccc32)cc1. The Hall–Kier alpha value is -6.52. The molecule has 6 aromatic carbocycles. The van der Waals surface area contributed by atoms with Gasteiger partial charge in [-0.1, -0.05) is 78.9 Å². The fourth-order valence-corrected chi connectivity index (χ4v) is 8.06. The van der Waals surface area contributed by atoms with E-state index < -0.39 is 0 Å². The zero-order valence-corrected chi connectivity index (χ0v) is 25.8. The Balaban J connectivity index is 1.10. The molecule has 4 heterocycles. The molecule has 48 heavy (non-hydrogen) atoms. The van der Waals surface area contributed by atoms with Crippen LogP contribution in [0.1, 0.15) is 0 Å². The topological polar surface area (TPSA) is 35.6 Å². The third-order valence-electron chi connectivity index (χ3n) is 10.1. The second-order valence-corrected chi connectivity index (χ2v) is 12.7. The average molecular weight is 611 g/mol. The van der Waals surface area contributed by atoms with Crippen LogP contribution in [0.5, 0.6) is 0 Å². The molecule has 0 bridgehead atoms. The van der Waals surface area contributed by atoms with Crippen LogP contribution in [0.2, 0.25) is 0 Å². The van der Waals surface area contributed by atoms with Gasteiger partial charge in [-0.25, -0.2) is 0 Å². The van der Waals surface area contributed by atoms with Gasteiger partial charge in [0, 0.05) is 49.9 Å². The lowest BCUT2D eigenvalue weighted by atomic mass is 10.0. The second kappa shape index (κ2) is 9.50. The minimum atomic E-state index is 1.01. The van der Waals surface area contributed by atoms with Crippen LogP contribution in [0.3, 0.4) is 0 Å². The Morgan fingerprint density at radius 3 is 1.73 bits per heavy atom. The summed E-state index contributed by atoms with van der Waals surface area (Å²) in [6, 6.07) is 52.6. The van der Waals surface area contributed by atoms with Crippen molar-refractivity contribution >= 4 is 54.5 Å². The van der Waals surface area contributed by atoms with E-state index in [9.17, 15) is 0 Å². The van der Waals surface area contributed by atoms with Crippen molar-refractivity contribution in [2.24, 2.45) is 0 Å². The molecular formula is C44H26N4. The van der Waals surface area contributed by atoms with Crippen molar-refractivity contribution in [2.75, 3.05) is 0 Å². The molecule has 0 spiro atoms. The summed E-state index contributed by atoms with van der Waals surface area (Å²) in [5.41, 5.74) is 14.9. The van der Waals surface area contributed by atoms with Crippen molar-refractivity contribution in [1.82, 2.24) is 19.1 Å². The van der Waals surface area contributed by atoms with Gasteiger partial charge in [-0.15, -0.1) is 0 Å². The zero-order chi connectivity index (χ0) is 31.3. The maximum Gasteiger partial charge on any atom is 0.0789 e. The molecule has 1 aliphatic carbocycles. The zero-order valence-electron chi connectivity index (χ0n) is 25.8. The summed E-state index contributed by atoms with van der Waals surface area (Å²) < 4.78 is 4.73. The van der Waals surface area contributed by atoms with Crippen molar-refractivity contribution in [3.63, 3.8) is 0 Å². The molecule has 0 amide bonds. The van der Waals surface area contributed by atoms with Crippen molar-refractivity contribution in [3.05, 3.63) is 158 Å². The predicted octanol–water partition coefficient (Wildman–Crippen LogP) is 11.1. The monoisotopic (exact) mass is 610 g/mol. The molecule has 0 aliphatic heterocycles. The molecule has 10 aromatic rings. The Labute approximate surface area is 275 Å². The van der Waals surface area contributed by atoms with E-state index in [4.69, 9.17) is 4.98 Å². The largest absolute Gasteiger partial charge is 0.309 e. The first kappa shape index (κ1) is 25.6. The summed E-state index contributed by atoms with van der Waals surface area (Å²) in [4.78, 5) is 9.69. The third-order valence-corrected chi connectivity index (χ3v) is 10.1. The molecule has 0 atom stereocenters. The van der Waals surface area contributed by atoms with Crippen LogP contribution < -0.4 is 0 Å². The fraction of sp³-hybridized carbons (Fsp3) is 0. The maximum atomic E-state index is 5.06. The van der Waals surface area contributed by atoms with Gasteiger partial charge in [0.25, 0.3) is 0 Å². The van der Waals surface area contributed by atoms with Crippen LogP contribution in [0.25, 0.3) is 99.4 Å². The van der Waals surface area contributed by atoms with Crippen LogP contribution in [-0.4, -0.2) is 19.1 Å². The molecule has 4 aromatic heterocycles. The molecule has 0 fully saturated rings. The predicted molar refractivity (Wildman–Crippen MR) is 198 cm³/mol. The number of pyridine rings is 2. The number of benzene rings is 6. The van der Waals surface area contributed by atoms with E-state index >= 15 is 0 Å². The van der Waals surface area contributed by atoms with Crippen molar-refractivity contribution in [2.45, 2.75) is 0 Å². The van der Waals surface area contributed by atoms with Gasteiger partial charge >= 0.3 is 0 Å². The first-order chi connectivity index (χ1) is 23.8. The first-order valence-electron chi connectivity index (χ1n) is 16.3. The Bertz CT molecular complexity index is 2940. The van der Waals surface area contributed by atoms with Gasteiger partial charge in [-0.3, -0.25) is 9.97 Å². The average Bonchev–Trinajstić information content (AvgIpc) is 3.78. The molecule has 0 radical (unpaired) electrons. The van der Waals surface area contributed by atoms with Crippen molar-refractivity contribution < 1.29 is 0 Å². The third kappa shape index (κ3) is 3.43. The van der Waals surface area contributed by atoms with Gasteiger partial charge in [-0.05, 0) is 83.4 Å². The summed E-state index contributed by atoms with van der Waals surface area (Å²) in [6.45, 7) is 0.